The molecule has 196 valence electrons. The number of fused-ring (bicyclic) bond motifs is 1. The van der Waals surface area contributed by atoms with Crippen molar-refractivity contribution in [3.63, 3.8) is 0 Å². The summed E-state index contributed by atoms with van der Waals surface area (Å²) < 4.78 is 38.5. The van der Waals surface area contributed by atoms with Crippen molar-refractivity contribution in [1.29, 1.82) is 0 Å². The molecule has 0 saturated carbocycles. The van der Waals surface area contributed by atoms with Gasteiger partial charge in [-0.05, 0) is 44.9 Å². The van der Waals surface area contributed by atoms with Crippen molar-refractivity contribution >= 4 is 27.5 Å². The lowest BCUT2D eigenvalue weighted by Crippen LogP contribution is -2.53. The zero-order valence-electron chi connectivity index (χ0n) is 21.3. The molecule has 0 fully saturated rings. The fraction of sp³-hybridized carbons (Fsp3) is 0.462. The smallest absolute Gasteiger partial charge is 0.244 e. The molecule has 1 aliphatic rings. The second-order valence-electron chi connectivity index (χ2n) is 8.83. The van der Waals surface area contributed by atoms with Gasteiger partial charge in [0.2, 0.25) is 21.8 Å². The van der Waals surface area contributed by atoms with E-state index in [0.717, 1.165) is 9.87 Å². The zero-order valence-corrected chi connectivity index (χ0v) is 22.1. The predicted molar refractivity (Wildman–Crippen MR) is 139 cm³/mol. The fourth-order valence-electron chi connectivity index (χ4n) is 3.99. The number of nitrogens with zero attached hydrogens (tertiary/aromatic N) is 2. The molecule has 2 aromatic rings. The molecule has 0 aromatic heterocycles. The van der Waals surface area contributed by atoms with E-state index in [1.54, 1.807) is 18.2 Å². The van der Waals surface area contributed by atoms with Gasteiger partial charge < -0.3 is 19.7 Å². The van der Waals surface area contributed by atoms with Crippen LogP contribution in [0.15, 0.2) is 48.5 Å². The minimum Gasteiger partial charge on any atom is -0.486 e. The van der Waals surface area contributed by atoms with Crippen LogP contribution in [0.3, 0.4) is 0 Å². The van der Waals surface area contributed by atoms with Crippen LogP contribution in [0.5, 0.6) is 11.5 Å². The number of amides is 2. The first-order valence-electron chi connectivity index (χ1n) is 12.2. The Labute approximate surface area is 213 Å². The Balaban J connectivity index is 1.97. The molecule has 0 aliphatic carbocycles. The van der Waals surface area contributed by atoms with Gasteiger partial charge in [-0.3, -0.25) is 13.9 Å². The third-order valence-corrected chi connectivity index (χ3v) is 7.55. The number of hydrogen-bond acceptors (Lipinski definition) is 6. The maximum absolute atomic E-state index is 13.8. The molecular weight excluding hydrogens is 482 g/mol. The number of anilines is 1. The zero-order chi connectivity index (χ0) is 26.3. The summed E-state index contributed by atoms with van der Waals surface area (Å²) in [6.45, 7) is 7.54. The summed E-state index contributed by atoms with van der Waals surface area (Å²) in [7, 11) is -3.82. The highest BCUT2D eigenvalue weighted by Gasteiger charge is 2.33. The average Bonchev–Trinajstić information content (AvgIpc) is 2.86. The van der Waals surface area contributed by atoms with Gasteiger partial charge >= 0.3 is 0 Å². The molecule has 36 heavy (non-hydrogen) atoms. The minimum atomic E-state index is -3.82. The number of benzene rings is 2. The number of carbonyl (C=O) groups excluding carboxylic acids is 2. The maximum atomic E-state index is 13.8. The van der Waals surface area contributed by atoms with Crippen LogP contribution >= 0.6 is 0 Å². The number of nitrogens with one attached hydrogen (secondary N) is 1. The van der Waals surface area contributed by atoms with Crippen molar-refractivity contribution in [2.75, 3.05) is 29.8 Å². The molecule has 2 amide bonds. The Morgan fingerprint density at radius 3 is 2.28 bits per heavy atom. The van der Waals surface area contributed by atoms with Crippen molar-refractivity contribution in [1.82, 2.24) is 10.2 Å². The number of hydrogen-bond donors (Lipinski definition) is 1. The molecule has 0 bridgehead atoms. The second kappa shape index (κ2) is 12.1. The first-order valence-corrected chi connectivity index (χ1v) is 13.8. The van der Waals surface area contributed by atoms with Gasteiger partial charge in [0.1, 0.15) is 25.8 Å². The van der Waals surface area contributed by atoms with E-state index in [9.17, 15) is 18.0 Å². The minimum absolute atomic E-state index is 0.102. The normalized spacial score (nSPS) is 13.7. The largest absolute Gasteiger partial charge is 0.486 e. The van der Waals surface area contributed by atoms with Gasteiger partial charge in [-0.15, -0.1) is 0 Å². The summed E-state index contributed by atoms with van der Waals surface area (Å²) >= 11 is 0. The molecular formula is C26H35N3O6S. The van der Waals surface area contributed by atoms with Crippen LogP contribution in [-0.4, -0.2) is 62.7 Å². The molecule has 0 radical (unpaired) electrons. The summed E-state index contributed by atoms with van der Waals surface area (Å²) in [5.41, 5.74) is 1.14. The van der Waals surface area contributed by atoms with E-state index in [1.165, 1.54) is 11.8 Å². The Kier molecular flexibility index (Phi) is 9.19. The summed E-state index contributed by atoms with van der Waals surface area (Å²) in [5.74, 6) is -0.00505. The quantitative estimate of drug-likeness (QED) is 0.491. The van der Waals surface area contributed by atoms with E-state index in [0.29, 0.717) is 36.8 Å². The van der Waals surface area contributed by atoms with Crippen molar-refractivity contribution in [2.24, 2.45) is 0 Å². The summed E-state index contributed by atoms with van der Waals surface area (Å²) in [6, 6.07) is 13.3. The van der Waals surface area contributed by atoms with Gasteiger partial charge in [0.25, 0.3) is 0 Å². The SMILES string of the molecule is CCC(C(=O)NC(C)C)N(Cc1ccccc1)C(=O)CN(c1ccc2c(c1)OCCO2)S(=O)(=O)CC. The van der Waals surface area contributed by atoms with Crippen LogP contribution in [0.4, 0.5) is 5.69 Å². The Morgan fingerprint density at radius 1 is 1.00 bits per heavy atom. The lowest BCUT2D eigenvalue weighted by atomic mass is 10.1. The molecule has 1 unspecified atom stereocenters. The lowest BCUT2D eigenvalue weighted by Gasteiger charge is -2.33. The van der Waals surface area contributed by atoms with E-state index in [-0.39, 0.29) is 24.2 Å². The van der Waals surface area contributed by atoms with Gasteiger partial charge in [0.15, 0.2) is 11.5 Å². The molecule has 0 spiro atoms. The van der Waals surface area contributed by atoms with E-state index in [2.05, 4.69) is 5.32 Å². The Morgan fingerprint density at radius 2 is 1.67 bits per heavy atom. The lowest BCUT2D eigenvalue weighted by molar-refractivity contribution is -0.140. The highest BCUT2D eigenvalue weighted by atomic mass is 32.2. The van der Waals surface area contributed by atoms with Crippen LogP contribution in [0, 0.1) is 0 Å². The Hall–Kier alpha value is -3.27. The summed E-state index contributed by atoms with van der Waals surface area (Å²) in [5, 5.41) is 2.88. The molecule has 0 saturated heterocycles. The first-order chi connectivity index (χ1) is 17.2. The standard InChI is InChI=1S/C26H35N3O6S/c1-5-22(26(31)27-19(3)4)28(17-20-10-8-7-9-11-20)25(30)18-29(36(32,33)6-2)21-12-13-23-24(16-21)35-15-14-34-23/h7-13,16,19,22H,5-6,14-15,17-18H2,1-4H3,(H,27,31). The van der Waals surface area contributed by atoms with E-state index in [4.69, 9.17) is 9.47 Å². The third-order valence-electron chi connectivity index (χ3n) is 5.81. The number of sulfonamides is 1. The molecule has 10 heteroatoms. The van der Waals surface area contributed by atoms with Crippen LogP contribution in [-0.2, 0) is 26.2 Å². The fourth-order valence-corrected chi connectivity index (χ4v) is 5.04. The maximum Gasteiger partial charge on any atom is 0.244 e. The monoisotopic (exact) mass is 517 g/mol. The summed E-state index contributed by atoms with van der Waals surface area (Å²) in [4.78, 5) is 28.2. The van der Waals surface area contributed by atoms with Gasteiger partial charge in [-0.25, -0.2) is 8.42 Å². The number of ether oxygens (including phenoxy) is 2. The molecule has 9 nitrogen and oxygen atoms in total. The van der Waals surface area contributed by atoms with Crippen LogP contribution < -0.4 is 19.1 Å². The topological polar surface area (TPSA) is 105 Å². The van der Waals surface area contributed by atoms with Crippen LogP contribution in [0.25, 0.3) is 0 Å². The van der Waals surface area contributed by atoms with E-state index >= 15 is 0 Å². The van der Waals surface area contributed by atoms with Crippen LogP contribution in [0.2, 0.25) is 0 Å². The predicted octanol–water partition coefficient (Wildman–Crippen LogP) is 2.95. The molecule has 3 rings (SSSR count). The molecule has 1 atom stereocenters. The molecule has 1 heterocycles. The number of rotatable bonds is 11. The molecule has 1 N–H and O–H groups in total. The average molecular weight is 518 g/mol. The highest BCUT2D eigenvalue weighted by molar-refractivity contribution is 7.92. The van der Waals surface area contributed by atoms with E-state index in [1.807, 2.05) is 51.1 Å². The third kappa shape index (κ3) is 6.69. The first kappa shape index (κ1) is 27.3. The highest BCUT2D eigenvalue weighted by Crippen LogP contribution is 2.35. The van der Waals surface area contributed by atoms with E-state index < -0.39 is 28.5 Å². The number of carbonyl (C=O) groups is 2. The van der Waals surface area contributed by atoms with Gasteiger partial charge in [0, 0.05) is 18.7 Å². The van der Waals surface area contributed by atoms with Crippen molar-refractivity contribution in [3.8, 4) is 11.5 Å². The Bertz CT molecular complexity index is 1150. The van der Waals surface area contributed by atoms with Crippen molar-refractivity contribution < 1.29 is 27.5 Å². The van der Waals surface area contributed by atoms with Crippen LogP contribution in [0.1, 0.15) is 39.7 Å². The molecule has 2 aromatic carbocycles. The van der Waals surface area contributed by atoms with Gasteiger partial charge in [0.05, 0.1) is 11.4 Å². The van der Waals surface area contributed by atoms with Gasteiger partial charge in [-0.2, -0.15) is 0 Å². The summed E-state index contributed by atoms with van der Waals surface area (Å²) in [6.07, 6.45) is 0.377. The van der Waals surface area contributed by atoms with Gasteiger partial charge in [-0.1, -0.05) is 37.3 Å². The van der Waals surface area contributed by atoms with Crippen molar-refractivity contribution in [3.05, 3.63) is 54.1 Å². The van der Waals surface area contributed by atoms with Crippen molar-refractivity contribution in [2.45, 2.75) is 52.7 Å². The second-order valence-corrected chi connectivity index (χ2v) is 11.0. The molecule has 1 aliphatic heterocycles.